The highest BCUT2D eigenvalue weighted by Crippen LogP contribution is 2.22. The van der Waals surface area contributed by atoms with Crippen molar-refractivity contribution in [3.05, 3.63) is 12.4 Å². The van der Waals surface area contributed by atoms with Crippen molar-refractivity contribution in [1.82, 2.24) is 9.78 Å². The molecule has 1 rings (SSSR count). The summed E-state index contributed by atoms with van der Waals surface area (Å²) in [7, 11) is 1.89. The molecule has 0 radical (unpaired) electrons. The summed E-state index contributed by atoms with van der Waals surface area (Å²) in [5.74, 6) is 0. The first-order chi connectivity index (χ1) is 7.03. The van der Waals surface area contributed by atoms with Crippen LogP contribution in [-0.4, -0.2) is 16.3 Å². The third-order valence-electron chi connectivity index (χ3n) is 2.39. The lowest BCUT2D eigenvalue weighted by atomic mass is 9.88. The van der Waals surface area contributed by atoms with Crippen molar-refractivity contribution < 1.29 is 0 Å². The van der Waals surface area contributed by atoms with E-state index in [1.165, 1.54) is 0 Å². The van der Waals surface area contributed by atoms with Gasteiger partial charge in [-0.05, 0) is 11.8 Å². The Morgan fingerprint density at radius 1 is 1.60 bits per heavy atom. The predicted molar refractivity (Wildman–Crippen MR) is 60.3 cm³/mol. The van der Waals surface area contributed by atoms with Gasteiger partial charge in [0.2, 0.25) is 0 Å². The molecule has 0 unspecified atom stereocenters. The van der Waals surface area contributed by atoms with E-state index < -0.39 is 0 Å². The van der Waals surface area contributed by atoms with Crippen molar-refractivity contribution in [3.8, 4) is 6.07 Å². The van der Waals surface area contributed by atoms with Gasteiger partial charge in [-0.1, -0.05) is 13.8 Å². The molecule has 1 N–H and O–H groups in total. The summed E-state index contributed by atoms with van der Waals surface area (Å²) >= 11 is 0. The van der Waals surface area contributed by atoms with Crippen LogP contribution in [0.5, 0.6) is 0 Å². The molecule has 0 aliphatic heterocycles. The van der Waals surface area contributed by atoms with Gasteiger partial charge in [-0.2, -0.15) is 10.4 Å². The van der Waals surface area contributed by atoms with E-state index in [1.54, 1.807) is 10.9 Å². The molecule has 0 aliphatic carbocycles. The molecule has 0 saturated carbocycles. The molecule has 1 heterocycles. The third-order valence-corrected chi connectivity index (χ3v) is 2.39. The lowest BCUT2D eigenvalue weighted by molar-refractivity contribution is 0.364. The first-order valence-electron chi connectivity index (χ1n) is 5.13. The van der Waals surface area contributed by atoms with Gasteiger partial charge in [0.25, 0.3) is 0 Å². The van der Waals surface area contributed by atoms with E-state index >= 15 is 0 Å². The van der Waals surface area contributed by atoms with Crippen LogP contribution in [0.4, 0.5) is 5.69 Å². The van der Waals surface area contributed by atoms with Gasteiger partial charge in [-0.25, -0.2) is 0 Å². The summed E-state index contributed by atoms with van der Waals surface area (Å²) in [6, 6.07) is 2.18. The highest BCUT2D eigenvalue weighted by molar-refractivity contribution is 5.38. The Balaban J connectivity index is 2.39. The molecule has 0 aromatic carbocycles. The maximum Gasteiger partial charge on any atom is 0.0726 e. The fourth-order valence-electron chi connectivity index (χ4n) is 1.34. The molecule has 0 spiro atoms. The van der Waals surface area contributed by atoms with Gasteiger partial charge >= 0.3 is 0 Å². The second kappa shape index (κ2) is 4.83. The largest absolute Gasteiger partial charge is 0.382 e. The van der Waals surface area contributed by atoms with Gasteiger partial charge in [0.15, 0.2) is 0 Å². The molecule has 0 atom stereocenters. The molecule has 0 fully saturated rings. The lowest BCUT2D eigenvalue weighted by Gasteiger charge is -2.23. The van der Waals surface area contributed by atoms with Crippen LogP contribution < -0.4 is 5.32 Å². The van der Waals surface area contributed by atoms with E-state index in [0.717, 1.165) is 18.7 Å². The lowest BCUT2D eigenvalue weighted by Crippen LogP contribution is -2.22. The molecule has 4 nitrogen and oxygen atoms in total. The Morgan fingerprint density at radius 3 is 2.87 bits per heavy atom. The Hall–Kier alpha value is -1.50. The molecule has 0 aliphatic rings. The van der Waals surface area contributed by atoms with E-state index in [2.05, 4.69) is 30.3 Å². The number of rotatable bonds is 5. The van der Waals surface area contributed by atoms with E-state index in [1.807, 2.05) is 13.2 Å². The summed E-state index contributed by atoms with van der Waals surface area (Å²) in [5, 5.41) is 15.9. The maximum absolute atomic E-state index is 8.53. The fourth-order valence-corrected chi connectivity index (χ4v) is 1.34. The van der Waals surface area contributed by atoms with Crippen molar-refractivity contribution in [1.29, 1.82) is 5.26 Å². The minimum Gasteiger partial charge on any atom is -0.382 e. The summed E-state index contributed by atoms with van der Waals surface area (Å²) < 4.78 is 1.77. The number of aryl methyl sites for hydroxylation is 1. The number of anilines is 1. The average molecular weight is 206 g/mol. The molecule has 0 saturated heterocycles. The zero-order valence-electron chi connectivity index (χ0n) is 9.62. The number of nitriles is 1. The monoisotopic (exact) mass is 206 g/mol. The van der Waals surface area contributed by atoms with Crippen LogP contribution in [0.1, 0.15) is 26.7 Å². The van der Waals surface area contributed by atoms with Crippen molar-refractivity contribution in [2.45, 2.75) is 26.7 Å². The first-order valence-corrected chi connectivity index (χ1v) is 5.13. The van der Waals surface area contributed by atoms with Crippen LogP contribution in [0.15, 0.2) is 12.4 Å². The Bertz CT molecular complexity index is 346. The van der Waals surface area contributed by atoms with Gasteiger partial charge in [0, 0.05) is 26.2 Å². The summed E-state index contributed by atoms with van der Waals surface area (Å²) in [6.07, 6.45) is 5.28. The second-order valence-electron chi connectivity index (χ2n) is 4.58. The fraction of sp³-hybridized carbons (Fsp3) is 0.636. The minimum absolute atomic E-state index is 0.144. The molecule has 1 aromatic heterocycles. The normalized spacial score (nSPS) is 11.1. The smallest absolute Gasteiger partial charge is 0.0726 e. The molecule has 15 heavy (non-hydrogen) atoms. The number of nitrogens with zero attached hydrogens (tertiary/aromatic N) is 3. The average Bonchev–Trinajstić information content (AvgIpc) is 2.59. The van der Waals surface area contributed by atoms with Gasteiger partial charge < -0.3 is 5.32 Å². The van der Waals surface area contributed by atoms with Crippen LogP contribution in [0.3, 0.4) is 0 Å². The second-order valence-corrected chi connectivity index (χ2v) is 4.58. The van der Waals surface area contributed by atoms with Crippen LogP contribution in [0.2, 0.25) is 0 Å². The summed E-state index contributed by atoms with van der Waals surface area (Å²) in [4.78, 5) is 0. The topological polar surface area (TPSA) is 53.6 Å². The molecule has 1 aromatic rings. The maximum atomic E-state index is 8.53. The minimum atomic E-state index is 0.144. The molecule has 82 valence electrons. The zero-order chi connectivity index (χ0) is 11.3. The van der Waals surface area contributed by atoms with E-state index in [4.69, 9.17) is 5.26 Å². The number of hydrogen-bond donors (Lipinski definition) is 1. The van der Waals surface area contributed by atoms with Gasteiger partial charge in [-0.15, -0.1) is 0 Å². The van der Waals surface area contributed by atoms with Crippen LogP contribution in [-0.2, 0) is 7.05 Å². The quantitative estimate of drug-likeness (QED) is 0.803. The molecular weight excluding hydrogens is 188 g/mol. The summed E-state index contributed by atoms with van der Waals surface area (Å²) in [5.41, 5.74) is 1.17. The van der Waals surface area contributed by atoms with Crippen molar-refractivity contribution >= 4 is 5.69 Å². The van der Waals surface area contributed by atoms with Gasteiger partial charge in [0.1, 0.15) is 0 Å². The zero-order valence-corrected chi connectivity index (χ0v) is 9.62. The van der Waals surface area contributed by atoms with Gasteiger partial charge in [-0.3, -0.25) is 4.68 Å². The number of hydrogen-bond acceptors (Lipinski definition) is 3. The van der Waals surface area contributed by atoms with Crippen molar-refractivity contribution in [2.24, 2.45) is 12.5 Å². The SMILES string of the molecule is Cn1cc(NCC(C)(C)CCC#N)cn1. The Labute approximate surface area is 90.9 Å². The van der Waals surface area contributed by atoms with Crippen LogP contribution in [0, 0.1) is 16.7 Å². The number of aromatic nitrogens is 2. The van der Waals surface area contributed by atoms with Gasteiger partial charge in [0.05, 0.1) is 18.0 Å². The highest BCUT2D eigenvalue weighted by Gasteiger charge is 2.17. The van der Waals surface area contributed by atoms with E-state index in [0.29, 0.717) is 6.42 Å². The highest BCUT2D eigenvalue weighted by atomic mass is 15.3. The molecule has 4 heteroatoms. The summed E-state index contributed by atoms with van der Waals surface area (Å²) in [6.45, 7) is 5.18. The third kappa shape index (κ3) is 4.03. The van der Waals surface area contributed by atoms with E-state index in [9.17, 15) is 0 Å². The first kappa shape index (κ1) is 11.6. The Morgan fingerprint density at radius 2 is 2.33 bits per heavy atom. The van der Waals surface area contributed by atoms with Crippen molar-refractivity contribution in [2.75, 3.05) is 11.9 Å². The van der Waals surface area contributed by atoms with Crippen LogP contribution >= 0.6 is 0 Å². The van der Waals surface area contributed by atoms with Crippen molar-refractivity contribution in [3.63, 3.8) is 0 Å². The molecule has 0 bridgehead atoms. The molecular formula is C11H18N4. The predicted octanol–water partition coefficient (Wildman–Crippen LogP) is 2.16. The van der Waals surface area contributed by atoms with E-state index in [-0.39, 0.29) is 5.41 Å². The standard InChI is InChI=1S/C11H18N4/c1-11(2,5-4-6-12)9-13-10-7-14-15(3)8-10/h7-8,13H,4-5,9H2,1-3H3. The Kier molecular flexibility index (Phi) is 3.73. The molecule has 0 amide bonds. The number of nitrogens with one attached hydrogen (secondary N) is 1. The van der Waals surface area contributed by atoms with Crippen LogP contribution in [0.25, 0.3) is 0 Å².